The molecule has 0 aromatic rings. The Morgan fingerprint density at radius 1 is 0.556 bits per heavy atom. The summed E-state index contributed by atoms with van der Waals surface area (Å²) in [4.78, 5) is 13.4. The van der Waals surface area contributed by atoms with E-state index in [9.17, 15) is 4.79 Å². The van der Waals surface area contributed by atoms with Gasteiger partial charge in [0.2, 0.25) is 0 Å². The number of ether oxygens (including phenoxy) is 4. The molecule has 0 aliphatic carbocycles. The smallest absolute Gasteiger partial charge is 0.410 e. The Labute approximate surface area is 224 Å². The van der Waals surface area contributed by atoms with Crippen LogP contribution in [-0.4, -0.2) is 69.8 Å². The third-order valence-electron chi connectivity index (χ3n) is 6.16. The number of hydrogen-bond donors (Lipinski definition) is 0. The molecular weight excluding hydrogens is 454 g/mol. The van der Waals surface area contributed by atoms with Crippen LogP contribution in [0.2, 0.25) is 0 Å². The molecular formula is C30H61NO5. The predicted octanol–water partition coefficient (Wildman–Crippen LogP) is 8.16. The van der Waals surface area contributed by atoms with Gasteiger partial charge in [0, 0.05) is 20.2 Å². The van der Waals surface area contributed by atoms with Crippen LogP contribution < -0.4 is 0 Å². The molecule has 0 aromatic heterocycles. The molecule has 0 atom stereocenters. The van der Waals surface area contributed by atoms with Gasteiger partial charge in [-0.25, -0.2) is 4.79 Å². The summed E-state index contributed by atoms with van der Waals surface area (Å²) in [5.41, 5.74) is -0.478. The maximum atomic E-state index is 11.8. The molecule has 0 heterocycles. The maximum absolute atomic E-state index is 11.8. The van der Waals surface area contributed by atoms with Crippen molar-refractivity contribution >= 4 is 6.09 Å². The van der Waals surface area contributed by atoms with E-state index in [1.54, 1.807) is 7.05 Å². The van der Waals surface area contributed by atoms with Crippen molar-refractivity contribution in [2.75, 3.05) is 53.2 Å². The number of unbranched alkanes of at least 4 members (excludes halogenated alkanes) is 15. The number of nitrogens with zero attached hydrogens (tertiary/aromatic N) is 1. The van der Waals surface area contributed by atoms with E-state index in [0.29, 0.717) is 39.6 Å². The topological polar surface area (TPSA) is 57.2 Å². The van der Waals surface area contributed by atoms with Gasteiger partial charge >= 0.3 is 6.09 Å². The quantitative estimate of drug-likeness (QED) is 0.109. The molecule has 6 nitrogen and oxygen atoms in total. The number of hydrogen-bond acceptors (Lipinski definition) is 5. The summed E-state index contributed by atoms with van der Waals surface area (Å²) < 4.78 is 22.0. The second kappa shape index (κ2) is 25.8. The summed E-state index contributed by atoms with van der Waals surface area (Å²) in [6, 6.07) is 0. The minimum Gasteiger partial charge on any atom is -0.444 e. The van der Waals surface area contributed by atoms with Gasteiger partial charge in [0.1, 0.15) is 5.60 Å². The fourth-order valence-electron chi connectivity index (χ4n) is 3.93. The summed E-state index contributed by atoms with van der Waals surface area (Å²) in [5.74, 6) is 0. The van der Waals surface area contributed by atoms with Crippen molar-refractivity contribution in [1.29, 1.82) is 0 Å². The summed E-state index contributed by atoms with van der Waals surface area (Å²) in [6.45, 7) is 11.9. The first kappa shape index (κ1) is 35.2. The van der Waals surface area contributed by atoms with Crippen LogP contribution in [-0.2, 0) is 18.9 Å². The molecule has 0 saturated heterocycles. The van der Waals surface area contributed by atoms with Gasteiger partial charge in [-0.1, -0.05) is 103 Å². The van der Waals surface area contributed by atoms with E-state index >= 15 is 0 Å². The summed E-state index contributed by atoms with van der Waals surface area (Å²) >= 11 is 0. The monoisotopic (exact) mass is 515 g/mol. The van der Waals surface area contributed by atoms with E-state index in [2.05, 4.69) is 6.92 Å². The van der Waals surface area contributed by atoms with Crippen molar-refractivity contribution in [2.24, 2.45) is 0 Å². The van der Waals surface area contributed by atoms with Crippen LogP contribution >= 0.6 is 0 Å². The van der Waals surface area contributed by atoms with Gasteiger partial charge in [-0.05, 0) is 27.2 Å². The second-order valence-electron chi connectivity index (χ2n) is 11.0. The number of amides is 1. The minimum atomic E-state index is -0.478. The Balaban J connectivity index is 3.17. The van der Waals surface area contributed by atoms with E-state index in [-0.39, 0.29) is 6.09 Å². The van der Waals surface area contributed by atoms with Crippen LogP contribution in [0.4, 0.5) is 4.79 Å². The van der Waals surface area contributed by atoms with Crippen LogP contribution in [0.3, 0.4) is 0 Å². The van der Waals surface area contributed by atoms with Gasteiger partial charge in [-0.15, -0.1) is 0 Å². The highest BCUT2D eigenvalue weighted by molar-refractivity contribution is 5.67. The Kier molecular flexibility index (Phi) is 25.2. The number of carbonyl (C=O) groups is 1. The molecule has 0 bridgehead atoms. The predicted molar refractivity (Wildman–Crippen MR) is 151 cm³/mol. The summed E-state index contributed by atoms with van der Waals surface area (Å²) in [5, 5.41) is 0. The van der Waals surface area contributed by atoms with Crippen molar-refractivity contribution < 1.29 is 23.7 Å². The van der Waals surface area contributed by atoms with Gasteiger partial charge < -0.3 is 23.8 Å². The Morgan fingerprint density at radius 2 is 0.917 bits per heavy atom. The van der Waals surface area contributed by atoms with E-state index in [1.807, 2.05) is 20.8 Å². The first-order chi connectivity index (χ1) is 17.4. The lowest BCUT2D eigenvalue weighted by Gasteiger charge is -2.24. The molecule has 0 rings (SSSR count). The molecule has 0 unspecified atom stereocenters. The van der Waals surface area contributed by atoms with Gasteiger partial charge in [0.05, 0.1) is 33.0 Å². The highest BCUT2D eigenvalue weighted by atomic mass is 16.6. The van der Waals surface area contributed by atoms with Crippen molar-refractivity contribution in [3.8, 4) is 0 Å². The van der Waals surface area contributed by atoms with Crippen LogP contribution in [0.5, 0.6) is 0 Å². The zero-order chi connectivity index (χ0) is 26.7. The fourth-order valence-corrected chi connectivity index (χ4v) is 3.93. The van der Waals surface area contributed by atoms with Crippen LogP contribution in [0.25, 0.3) is 0 Å². The van der Waals surface area contributed by atoms with E-state index in [1.165, 1.54) is 101 Å². The highest BCUT2D eigenvalue weighted by Gasteiger charge is 2.19. The highest BCUT2D eigenvalue weighted by Crippen LogP contribution is 2.13. The molecule has 0 spiro atoms. The minimum absolute atomic E-state index is 0.330. The van der Waals surface area contributed by atoms with Gasteiger partial charge in [0.25, 0.3) is 0 Å². The summed E-state index contributed by atoms with van der Waals surface area (Å²) in [7, 11) is 1.71. The Hall–Kier alpha value is -0.850. The van der Waals surface area contributed by atoms with Crippen molar-refractivity contribution in [1.82, 2.24) is 4.90 Å². The lowest BCUT2D eigenvalue weighted by atomic mass is 10.0. The summed E-state index contributed by atoms with van der Waals surface area (Å²) in [6.07, 6.45) is 21.9. The maximum Gasteiger partial charge on any atom is 0.410 e. The molecule has 0 aliphatic rings. The number of carbonyl (C=O) groups excluding carboxylic acids is 1. The largest absolute Gasteiger partial charge is 0.444 e. The molecule has 36 heavy (non-hydrogen) atoms. The lowest BCUT2D eigenvalue weighted by Crippen LogP contribution is -2.36. The molecule has 0 aliphatic heterocycles. The zero-order valence-corrected chi connectivity index (χ0v) is 24.8. The third-order valence-corrected chi connectivity index (χ3v) is 6.16. The van der Waals surface area contributed by atoms with E-state index < -0.39 is 5.60 Å². The molecule has 1 amide bonds. The van der Waals surface area contributed by atoms with Crippen molar-refractivity contribution in [3.63, 3.8) is 0 Å². The van der Waals surface area contributed by atoms with Crippen molar-refractivity contribution in [2.45, 2.75) is 136 Å². The fraction of sp³-hybridized carbons (Fsp3) is 0.967. The van der Waals surface area contributed by atoms with Crippen molar-refractivity contribution in [3.05, 3.63) is 0 Å². The van der Waals surface area contributed by atoms with Gasteiger partial charge in [-0.2, -0.15) is 0 Å². The van der Waals surface area contributed by atoms with Gasteiger partial charge in [0.15, 0.2) is 0 Å². The molecule has 0 N–H and O–H groups in total. The van der Waals surface area contributed by atoms with Crippen LogP contribution in [0, 0.1) is 0 Å². The first-order valence-corrected chi connectivity index (χ1v) is 15.0. The van der Waals surface area contributed by atoms with E-state index in [0.717, 1.165) is 13.0 Å². The zero-order valence-electron chi connectivity index (χ0n) is 24.8. The molecule has 216 valence electrons. The third kappa shape index (κ3) is 27.7. The van der Waals surface area contributed by atoms with Crippen LogP contribution in [0.1, 0.15) is 130 Å². The Bertz CT molecular complexity index is 467. The first-order valence-electron chi connectivity index (χ1n) is 15.0. The molecule has 0 aromatic carbocycles. The standard InChI is InChI=1S/C30H61NO5/c1-6-7-8-9-10-11-12-13-14-15-16-17-18-19-20-21-23-33-25-27-35-28-26-34-24-22-31(5)29(32)36-30(2,3)4/h6-28H2,1-5H3. The lowest BCUT2D eigenvalue weighted by molar-refractivity contribution is 0.00443. The normalized spacial score (nSPS) is 11.7. The molecule has 0 radical (unpaired) electrons. The average molecular weight is 516 g/mol. The second-order valence-corrected chi connectivity index (χ2v) is 11.0. The number of rotatable bonds is 26. The SMILES string of the molecule is CCCCCCCCCCCCCCCCCCOCCOCCOCCN(C)C(=O)OC(C)(C)C. The number of likely N-dealkylation sites (N-methyl/N-ethyl adjacent to an activating group) is 1. The van der Waals surface area contributed by atoms with E-state index in [4.69, 9.17) is 18.9 Å². The Morgan fingerprint density at radius 3 is 1.33 bits per heavy atom. The average Bonchev–Trinajstić information content (AvgIpc) is 2.82. The van der Waals surface area contributed by atoms with Crippen LogP contribution in [0.15, 0.2) is 0 Å². The molecule has 0 fully saturated rings. The molecule has 6 heteroatoms. The molecule has 0 saturated carbocycles. The van der Waals surface area contributed by atoms with Gasteiger partial charge in [-0.3, -0.25) is 0 Å².